The highest BCUT2D eigenvalue weighted by Crippen LogP contribution is 2.22. The lowest BCUT2D eigenvalue weighted by molar-refractivity contribution is -0.135. The van der Waals surface area contributed by atoms with Gasteiger partial charge in [0.1, 0.15) is 0 Å². The number of fused-ring (bicyclic) bond motifs is 1. The summed E-state index contributed by atoms with van der Waals surface area (Å²) in [5.41, 5.74) is 0.809. The van der Waals surface area contributed by atoms with Gasteiger partial charge >= 0.3 is 0 Å². The Balaban J connectivity index is 1.80. The second-order valence-corrected chi connectivity index (χ2v) is 6.73. The maximum Gasteiger partial charge on any atom is 0.294 e. The largest absolute Gasteiger partial charge is 0.342 e. The van der Waals surface area contributed by atoms with Gasteiger partial charge in [0.05, 0.1) is 16.6 Å². The van der Waals surface area contributed by atoms with Gasteiger partial charge in [0.25, 0.3) is 10.1 Å². The van der Waals surface area contributed by atoms with Gasteiger partial charge in [-0.05, 0) is 18.2 Å². The molecule has 2 aromatic rings. The van der Waals surface area contributed by atoms with E-state index in [2.05, 4.69) is 5.10 Å². The van der Waals surface area contributed by atoms with E-state index in [4.69, 9.17) is 4.55 Å². The summed E-state index contributed by atoms with van der Waals surface area (Å²) in [6.45, 7) is 3.68. The molecule has 0 radical (unpaired) electrons. The molecule has 0 bridgehead atoms. The molecule has 0 aliphatic carbocycles. The zero-order chi connectivity index (χ0) is 15.2. The first kappa shape index (κ1) is 14.0. The Morgan fingerprint density at radius 3 is 2.76 bits per heavy atom. The Morgan fingerprint density at radius 1 is 1.43 bits per heavy atom. The third-order valence-corrected chi connectivity index (χ3v) is 4.59. The van der Waals surface area contributed by atoms with Crippen molar-refractivity contribution in [2.24, 2.45) is 5.92 Å². The predicted molar refractivity (Wildman–Crippen MR) is 75.3 cm³/mol. The SMILES string of the molecule is CC(=O)N1CC(Cn2ncc3cc(S(=O)(=O)O)ccc32)C1. The molecule has 1 aliphatic rings. The van der Waals surface area contributed by atoms with Crippen molar-refractivity contribution >= 4 is 26.9 Å². The van der Waals surface area contributed by atoms with Crippen LogP contribution in [0.15, 0.2) is 29.3 Å². The van der Waals surface area contributed by atoms with Crippen LogP contribution in [0.5, 0.6) is 0 Å². The molecule has 1 N–H and O–H groups in total. The zero-order valence-electron chi connectivity index (χ0n) is 11.4. The highest BCUT2D eigenvalue weighted by molar-refractivity contribution is 7.85. The molecule has 0 unspecified atom stereocenters. The fourth-order valence-electron chi connectivity index (χ4n) is 2.56. The minimum atomic E-state index is -4.20. The van der Waals surface area contributed by atoms with Gasteiger partial charge in [0.2, 0.25) is 5.91 Å². The Kier molecular flexibility index (Phi) is 3.22. The Morgan fingerprint density at radius 2 is 2.14 bits per heavy atom. The molecular formula is C13H15N3O4S. The third-order valence-electron chi connectivity index (χ3n) is 3.74. The predicted octanol–water partition coefficient (Wildman–Crippen LogP) is 0.761. The topological polar surface area (TPSA) is 92.5 Å². The van der Waals surface area contributed by atoms with E-state index in [9.17, 15) is 13.2 Å². The minimum Gasteiger partial charge on any atom is -0.342 e. The molecular weight excluding hydrogens is 294 g/mol. The Labute approximate surface area is 121 Å². The van der Waals surface area contributed by atoms with Crippen molar-refractivity contribution in [3.63, 3.8) is 0 Å². The van der Waals surface area contributed by atoms with Crippen LogP contribution in [0.4, 0.5) is 0 Å². The lowest BCUT2D eigenvalue weighted by Gasteiger charge is -2.38. The fraction of sp³-hybridized carbons (Fsp3) is 0.385. The average molecular weight is 309 g/mol. The van der Waals surface area contributed by atoms with Gasteiger partial charge < -0.3 is 4.90 Å². The van der Waals surface area contributed by atoms with Crippen LogP contribution in [0.3, 0.4) is 0 Å². The van der Waals surface area contributed by atoms with Crippen molar-refractivity contribution in [3.05, 3.63) is 24.4 Å². The molecule has 1 fully saturated rings. The number of aromatic nitrogens is 2. The number of nitrogens with zero attached hydrogens (tertiary/aromatic N) is 3. The highest BCUT2D eigenvalue weighted by Gasteiger charge is 2.29. The number of rotatable bonds is 3. The van der Waals surface area contributed by atoms with Crippen molar-refractivity contribution in [2.75, 3.05) is 13.1 Å². The van der Waals surface area contributed by atoms with Crippen molar-refractivity contribution in [1.82, 2.24) is 14.7 Å². The van der Waals surface area contributed by atoms with E-state index in [1.807, 2.05) is 0 Å². The molecule has 1 aliphatic heterocycles. The summed E-state index contributed by atoms with van der Waals surface area (Å²) in [5, 5.41) is 4.91. The molecule has 3 rings (SSSR count). The molecule has 7 nitrogen and oxygen atoms in total. The monoisotopic (exact) mass is 309 g/mol. The van der Waals surface area contributed by atoms with Crippen LogP contribution in [-0.4, -0.2) is 46.6 Å². The maximum atomic E-state index is 11.1. The van der Waals surface area contributed by atoms with Gasteiger partial charge in [-0.2, -0.15) is 13.5 Å². The summed E-state index contributed by atoms with van der Waals surface area (Å²) in [7, 11) is -4.20. The fourth-order valence-corrected chi connectivity index (χ4v) is 3.07. The average Bonchev–Trinajstić information content (AvgIpc) is 2.74. The number of likely N-dealkylation sites (tertiary alicyclic amines) is 1. The number of carbonyl (C=O) groups is 1. The highest BCUT2D eigenvalue weighted by atomic mass is 32.2. The molecule has 1 aromatic carbocycles. The van der Waals surface area contributed by atoms with Crippen LogP contribution in [0.2, 0.25) is 0 Å². The number of hydrogen-bond donors (Lipinski definition) is 1. The van der Waals surface area contributed by atoms with Crippen LogP contribution in [-0.2, 0) is 21.5 Å². The Hall–Kier alpha value is -1.93. The summed E-state index contributed by atoms with van der Waals surface area (Å²) in [5.74, 6) is 0.438. The first-order valence-corrected chi connectivity index (χ1v) is 7.97. The summed E-state index contributed by atoms with van der Waals surface area (Å²) in [6.07, 6.45) is 1.57. The van der Waals surface area contributed by atoms with E-state index in [1.165, 1.54) is 12.1 Å². The smallest absolute Gasteiger partial charge is 0.294 e. The van der Waals surface area contributed by atoms with Crippen LogP contribution in [0.1, 0.15) is 6.92 Å². The van der Waals surface area contributed by atoms with E-state index in [0.717, 1.165) is 18.6 Å². The third kappa shape index (κ3) is 2.64. The van der Waals surface area contributed by atoms with Crippen molar-refractivity contribution in [2.45, 2.75) is 18.4 Å². The van der Waals surface area contributed by atoms with Crippen LogP contribution < -0.4 is 0 Å². The lowest BCUT2D eigenvalue weighted by atomic mass is 10.0. The number of hydrogen-bond acceptors (Lipinski definition) is 4. The van der Waals surface area contributed by atoms with Gasteiger partial charge in [-0.3, -0.25) is 14.0 Å². The number of carbonyl (C=O) groups excluding carboxylic acids is 1. The maximum absolute atomic E-state index is 11.1. The van der Waals surface area contributed by atoms with E-state index >= 15 is 0 Å². The van der Waals surface area contributed by atoms with E-state index in [-0.39, 0.29) is 10.8 Å². The van der Waals surface area contributed by atoms with Crippen LogP contribution in [0, 0.1) is 5.92 Å². The minimum absolute atomic E-state index is 0.0781. The molecule has 1 saturated heterocycles. The van der Waals surface area contributed by atoms with E-state index in [1.54, 1.807) is 28.8 Å². The summed E-state index contributed by atoms with van der Waals surface area (Å²) < 4.78 is 33.0. The first-order chi connectivity index (χ1) is 9.84. The molecule has 21 heavy (non-hydrogen) atoms. The molecule has 112 valence electrons. The molecule has 8 heteroatoms. The molecule has 2 heterocycles. The van der Waals surface area contributed by atoms with Gasteiger partial charge in [0.15, 0.2) is 0 Å². The van der Waals surface area contributed by atoms with Crippen LogP contribution >= 0.6 is 0 Å². The summed E-state index contributed by atoms with van der Waals surface area (Å²) in [4.78, 5) is 12.8. The van der Waals surface area contributed by atoms with Gasteiger partial charge in [-0.1, -0.05) is 0 Å². The molecule has 1 aromatic heterocycles. The normalized spacial score (nSPS) is 16.2. The molecule has 0 spiro atoms. The quantitative estimate of drug-likeness (QED) is 0.845. The second kappa shape index (κ2) is 4.81. The summed E-state index contributed by atoms with van der Waals surface area (Å²) in [6, 6.07) is 4.39. The van der Waals surface area contributed by atoms with E-state index < -0.39 is 10.1 Å². The number of benzene rings is 1. The van der Waals surface area contributed by atoms with Crippen LogP contribution in [0.25, 0.3) is 10.9 Å². The van der Waals surface area contributed by atoms with Gasteiger partial charge in [0, 0.05) is 37.9 Å². The van der Waals surface area contributed by atoms with Crippen molar-refractivity contribution < 1.29 is 17.8 Å². The summed E-state index contributed by atoms with van der Waals surface area (Å²) >= 11 is 0. The van der Waals surface area contributed by atoms with Crippen molar-refractivity contribution in [3.8, 4) is 0 Å². The second-order valence-electron chi connectivity index (χ2n) is 5.31. The zero-order valence-corrected chi connectivity index (χ0v) is 12.2. The van der Waals surface area contributed by atoms with Crippen molar-refractivity contribution in [1.29, 1.82) is 0 Å². The lowest BCUT2D eigenvalue weighted by Crippen LogP contribution is -2.50. The van der Waals surface area contributed by atoms with Gasteiger partial charge in [-0.15, -0.1) is 0 Å². The van der Waals surface area contributed by atoms with E-state index in [0.29, 0.717) is 17.8 Å². The number of amides is 1. The standard InChI is InChI=1S/C13H15N3O4S/c1-9(17)15-6-10(7-15)8-16-13-3-2-12(21(18,19)20)4-11(13)5-14-16/h2-5,10H,6-8H2,1H3,(H,18,19,20). The Bertz CT molecular complexity index is 806. The van der Waals surface area contributed by atoms with Gasteiger partial charge in [-0.25, -0.2) is 0 Å². The molecule has 0 saturated carbocycles. The molecule has 0 atom stereocenters. The molecule has 1 amide bonds. The first-order valence-electron chi connectivity index (χ1n) is 6.53.